The molecule has 3 atom stereocenters. The van der Waals surface area contributed by atoms with Gasteiger partial charge in [0.2, 0.25) is 0 Å². The average molecular weight is 280 g/mol. The summed E-state index contributed by atoms with van der Waals surface area (Å²) in [5, 5.41) is 9.73. The van der Waals surface area contributed by atoms with E-state index < -0.39 is 6.10 Å². The smallest absolute Gasteiger partial charge is 0.130 e. The summed E-state index contributed by atoms with van der Waals surface area (Å²) in [6.45, 7) is 5.33. The van der Waals surface area contributed by atoms with E-state index in [9.17, 15) is 5.11 Å². The molecule has 1 fully saturated rings. The van der Waals surface area contributed by atoms with E-state index in [0.29, 0.717) is 25.6 Å². The Kier molecular flexibility index (Phi) is 5.40. The van der Waals surface area contributed by atoms with Crippen LogP contribution >= 0.6 is 0 Å². The van der Waals surface area contributed by atoms with Crippen LogP contribution in [0.25, 0.3) is 0 Å². The Morgan fingerprint density at radius 3 is 2.45 bits per heavy atom. The average Bonchev–Trinajstić information content (AvgIpc) is 2.43. The van der Waals surface area contributed by atoms with E-state index in [2.05, 4.69) is 26.0 Å². The minimum atomic E-state index is -0.438. The van der Waals surface area contributed by atoms with Gasteiger partial charge in [0, 0.05) is 13.5 Å². The maximum atomic E-state index is 9.73. The Morgan fingerprint density at radius 2 is 1.90 bits per heavy atom. The zero-order valence-electron chi connectivity index (χ0n) is 12.4. The summed E-state index contributed by atoms with van der Waals surface area (Å²) in [5.74, 6) is 1.34. The molecule has 4 heteroatoms. The molecule has 0 radical (unpaired) electrons. The molecule has 20 heavy (non-hydrogen) atoms. The molecule has 0 saturated heterocycles. The molecule has 112 valence electrons. The minimum absolute atomic E-state index is 0.0771. The van der Waals surface area contributed by atoms with E-state index in [1.54, 1.807) is 7.11 Å². The van der Waals surface area contributed by atoms with E-state index in [-0.39, 0.29) is 12.2 Å². The highest BCUT2D eigenvalue weighted by Crippen LogP contribution is 2.29. The molecular formula is C16H24O4. The number of hydrogen-bond donors (Lipinski definition) is 1. The molecule has 1 aromatic rings. The molecule has 1 saturated carbocycles. The maximum absolute atomic E-state index is 9.73. The summed E-state index contributed by atoms with van der Waals surface area (Å²) < 4.78 is 16.4. The lowest BCUT2D eigenvalue weighted by atomic mass is 9.88. The lowest BCUT2D eigenvalue weighted by molar-refractivity contribution is -0.167. The van der Waals surface area contributed by atoms with Crippen LogP contribution in [0.3, 0.4) is 0 Å². The van der Waals surface area contributed by atoms with Gasteiger partial charge < -0.3 is 19.3 Å². The third kappa shape index (κ3) is 3.72. The first-order valence-corrected chi connectivity index (χ1v) is 7.17. The molecule has 2 rings (SSSR count). The minimum Gasteiger partial charge on any atom is -0.488 e. The summed E-state index contributed by atoms with van der Waals surface area (Å²) in [6, 6.07) is 8.12. The van der Waals surface area contributed by atoms with Crippen LogP contribution in [0.15, 0.2) is 24.3 Å². The number of hydrogen-bond acceptors (Lipinski definition) is 4. The number of aliphatic hydroxyl groups is 1. The van der Waals surface area contributed by atoms with Crippen molar-refractivity contribution in [3.63, 3.8) is 0 Å². The Labute approximate surface area is 120 Å². The highest BCUT2D eigenvalue weighted by Gasteiger charge is 2.42. The van der Waals surface area contributed by atoms with E-state index >= 15 is 0 Å². The van der Waals surface area contributed by atoms with E-state index in [0.717, 1.165) is 5.75 Å². The standard InChI is InChI=1S/C16H24O4/c1-11(2)12-4-6-13(7-5-12)20-15-10-14(17)16(15)19-9-8-18-3/h4-7,11,14-17H,8-10H2,1-3H3. The van der Waals surface area contributed by atoms with Crippen LogP contribution in [-0.2, 0) is 9.47 Å². The summed E-state index contributed by atoms with van der Waals surface area (Å²) >= 11 is 0. The molecule has 1 N–H and O–H groups in total. The van der Waals surface area contributed by atoms with Gasteiger partial charge in [0.25, 0.3) is 0 Å². The van der Waals surface area contributed by atoms with E-state index in [1.807, 2.05) is 12.1 Å². The van der Waals surface area contributed by atoms with Crippen molar-refractivity contribution in [1.29, 1.82) is 0 Å². The van der Waals surface area contributed by atoms with Gasteiger partial charge in [-0.05, 0) is 23.6 Å². The van der Waals surface area contributed by atoms with Gasteiger partial charge in [0.05, 0.1) is 19.3 Å². The van der Waals surface area contributed by atoms with Crippen LogP contribution in [0.4, 0.5) is 0 Å². The van der Waals surface area contributed by atoms with Crippen molar-refractivity contribution in [2.45, 2.75) is 44.5 Å². The predicted molar refractivity (Wildman–Crippen MR) is 77.2 cm³/mol. The van der Waals surface area contributed by atoms with Crippen molar-refractivity contribution in [3.8, 4) is 5.75 Å². The fourth-order valence-corrected chi connectivity index (χ4v) is 2.27. The Hall–Kier alpha value is -1.10. The Balaban J connectivity index is 1.86. The first kappa shape index (κ1) is 15.3. The predicted octanol–water partition coefficient (Wildman–Crippen LogP) is 2.35. The third-order valence-electron chi connectivity index (χ3n) is 3.65. The number of benzene rings is 1. The molecule has 3 unspecified atom stereocenters. The van der Waals surface area contributed by atoms with Gasteiger partial charge in [-0.3, -0.25) is 0 Å². The quantitative estimate of drug-likeness (QED) is 0.779. The second kappa shape index (κ2) is 7.07. The number of aliphatic hydroxyl groups excluding tert-OH is 1. The van der Waals surface area contributed by atoms with Crippen molar-refractivity contribution in [2.75, 3.05) is 20.3 Å². The highest BCUT2D eigenvalue weighted by atomic mass is 16.6. The van der Waals surface area contributed by atoms with Gasteiger partial charge in [-0.2, -0.15) is 0 Å². The van der Waals surface area contributed by atoms with E-state index in [4.69, 9.17) is 14.2 Å². The molecular weight excluding hydrogens is 256 g/mol. The molecule has 1 aliphatic rings. The van der Waals surface area contributed by atoms with Crippen LogP contribution in [0, 0.1) is 0 Å². The normalized spacial score (nSPS) is 25.6. The summed E-state index contributed by atoms with van der Waals surface area (Å²) in [7, 11) is 1.63. The van der Waals surface area contributed by atoms with Gasteiger partial charge in [0.15, 0.2) is 0 Å². The number of ether oxygens (including phenoxy) is 3. The van der Waals surface area contributed by atoms with Crippen molar-refractivity contribution in [1.82, 2.24) is 0 Å². The summed E-state index contributed by atoms with van der Waals surface area (Å²) in [6.07, 6.45) is -0.155. The fraction of sp³-hybridized carbons (Fsp3) is 0.625. The molecule has 0 heterocycles. The van der Waals surface area contributed by atoms with Crippen LogP contribution in [-0.4, -0.2) is 43.7 Å². The number of methoxy groups -OCH3 is 1. The van der Waals surface area contributed by atoms with Gasteiger partial charge in [-0.1, -0.05) is 26.0 Å². The van der Waals surface area contributed by atoms with Crippen LogP contribution in [0.2, 0.25) is 0 Å². The second-order valence-electron chi connectivity index (χ2n) is 5.51. The van der Waals surface area contributed by atoms with Crippen LogP contribution in [0.1, 0.15) is 31.7 Å². The first-order valence-electron chi connectivity index (χ1n) is 7.17. The Morgan fingerprint density at radius 1 is 1.20 bits per heavy atom. The third-order valence-corrected chi connectivity index (χ3v) is 3.65. The monoisotopic (exact) mass is 280 g/mol. The van der Waals surface area contributed by atoms with Gasteiger partial charge in [-0.15, -0.1) is 0 Å². The van der Waals surface area contributed by atoms with Crippen LogP contribution in [0.5, 0.6) is 5.75 Å². The zero-order chi connectivity index (χ0) is 14.5. The molecule has 4 nitrogen and oxygen atoms in total. The van der Waals surface area contributed by atoms with Gasteiger partial charge >= 0.3 is 0 Å². The van der Waals surface area contributed by atoms with Crippen molar-refractivity contribution in [2.24, 2.45) is 0 Å². The van der Waals surface area contributed by atoms with E-state index in [1.165, 1.54) is 5.56 Å². The maximum Gasteiger partial charge on any atom is 0.130 e. The largest absolute Gasteiger partial charge is 0.488 e. The topological polar surface area (TPSA) is 47.9 Å². The molecule has 0 aliphatic heterocycles. The Bertz CT molecular complexity index is 401. The molecule has 0 amide bonds. The highest BCUT2D eigenvalue weighted by molar-refractivity contribution is 5.29. The second-order valence-corrected chi connectivity index (χ2v) is 5.51. The first-order chi connectivity index (χ1) is 9.61. The SMILES string of the molecule is COCCOC1C(O)CC1Oc1ccc(C(C)C)cc1. The lowest BCUT2D eigenvalue weighted by Crippen LogP contribution is -2.55. The van der Waals surface area contributed by atoms with Gasteiger partial charge in [-0.25, -0.2) is 0 Å². The zero-order valence-corrected chi connectivity index (χ0v) is 12.4. The molecule has 0 spiro atoms. The number of rotatable bonds is 7. The van der Waals surface area contributed by atoms with Gasteiger partial charge in [0.1, 0.15) is 18.0 Å². The van der Waals surface area contributed by atoms with Crippen molar-refractivity contribution < 1.29 is 19.3 Å². The summed E-state index contributed by atoms with van der Waals surface area (Å²) in [5.41, 5.74) is 1.29. The van der Waals surface area contributed by atoms with Crippen molar-refractivity contribution in [3.05, 3.63) is 29.8 Å². The molecule has 1 aliphatic carbocycles. The fourth-order valence-electron chi connectivity index (χ4n) is 2.27. The molecule has 0 bridgehead atoms. The molecule has 0 aromatic heterocycles. The van der Waals surface area contributed by atoms with Crippen LogP contribution < -0.4 is 4.74 Å². The lowest BCUT2D eigenvalue weighted by Gasteiger charge is -2.40. The summed E-state index contributed by atoms with van der Waals surface area (Å²) in [4.78, 5) is 0. The van der Waals surface area contributed by atoms with Crippen molar-refractivity contribution >= 4 is 0 Å². The molecule has 1 aromatic carbocycles.